The van der Waals surface area contributed by atoms with E-state index in [1.807, 2.05) is 20.8 Å². The van der Waals surface area contributed by atoms with E-state index in [1.54, 1.807) is 0 Å². The molecule has 7 fully saturated rings. The smallest absolute Gasteiger partial charge is 0.342 e. The minimum absolute atomic E-state index is 0.0896. The highest BCUT2D eigenvalue weighted by Gasteiger charge is 3.02. The Hall–Kier alpha value is -1.91. The Kier molecular flexibility index (Phi) is 5.20. The zero-order chi connectivity index (χ0) is 28.9. The number of hydrogen-bond donors (Lipinski definition) is 5. The summed E-state index contributed by atoms with van der Waals surface area (Å²) in [5.41, 5.74) is -7.62. The minimum atomic E-state index is -2.15. The van der Waals surface area contributed by atoms with Crippen molar-refractivity contribution >= 4 is 17.9 Å². The van der Waals surface area contributed by atoms with E-state index in [1.165, 1.54) is 6.92 Å². The van der Waals surface area contributed by atoms with E-state index in [0.717, 1.165) is 0 Å². The van der Waals surface area contributed by atoms with Gasteiger partial charge in [0.25, 0.3) is 0 Å². The molecule has 2 spiro atoms. The predicted octanol–water partition coefficient (Wildman–Crippen LogP) is -2.52. The maximum absolute atomic E-state index is 14.1. The number of carbonyl (C=O) groups is 3. The summed E-state index contributed by atoms with van der Waals surface area (Å²) in [6.45, 7) is 6.55. The van der Waals surface area contributed by atoms with Gasteiger partial charge < -0.3 is 54.0 Å². The van der Waals surface area contributed by atoms with Crippen LogP contribution in [0.5, 0.6) is 0 Å². The third kappa shape index (κ3) is 2.47. The van der Waals surface area contributed by atoms with Gasteiger partial charge in [-0.25, -0.2) is 9.59 Å². The average Bonchev–Trinajstić information content (AvgIpc) is 3.60. The quantitative estimate of drug-likeness (QED) is 0.175. The first-order valence-corrected chi connectivity index (χ1v) is 13.6. The molecule has 0 radical (unpaired) electrons. The highest BCUT2D eigenvalue weighted by molar-refractivity contribution is 5.93. The first-order chi connectivity index (χ1) is 18.7. The molecule has 5 N–H and O–H groups in total. The highest BCUT2D eigenvalue weighted by atomic mass is 16.8. The lowest BCUT2D eigenvalue weighted by molar-refractivity contribution is -0.354. The molecule has 7 rings (SSSR count). The van der Waals surface area contributed by atoms with Crippen molar-refractivity contribution in [2.45, 2.75) is 107 Å². The van der Waals surface area contributed by atoms with Gasteiger partial charge in [0.05, 0.1) is 23.4 Å². The Balaban J connectivity index is 1.44. The largest absolute Gasteiger partial charge is 0.459 e. The predicted molar refractivity (Wildman–Crippen MR) is 123 cm³/mol. The van der Waals surface area contributed by atoms with Crippen LogP contribution in [0.4, 0.5) is 0 Å². The Morgan fingerprint density at radius 3 is 2.30 bits per heavy atom. The van der Waals surface area contributed by atoms with Crippen molar-refractivity contribution in [3.8, 4) is 0 Å². The summed E-state index contributed by atoms with van der Waals surface area (Å²) in [6.07, 6.45) is -13.3. The normalized spacial score (nSPS) is 57.8. The van der Waals surface area contributed by atoms with Gasteiger partial charge in [-0.2, -0.15) is 0 Å². The van der Waals surface area contributed by atoms with Crippen LogP contribution in [0, 0.1) is 28.1 Å². The number of rotatable bonds is 3. The molecule has 15 atom stereocenters. The summed E-state index contributed by atoms with van der Waals surface area (Å²) >= 11 is 0. The molecule has 0 bridgehead atoms. The van der Waals surface area contributed by atoms with Crippen molar-refractivity contribution < 1.29 is 68.3 Å². The van der Waals surface area contributed by atoms with Gasteiger partial charge in [0.2, 0.25) is 11.9 Å². The van der Waals surface area contributed by atoms with Gasteiger partial charge in [-0.05, 0) is 24.7 Å². The van der Waals surface area contributed by atoms with Crippen molar-refractivity contribution in [1.29, 1.82) is 0 Å². The fraction of sp³-hybridized carbons (Fsp3) is 0.885. The molecule has 5 heterocycles. The monoisotopic (exact) mass is 570 g/mol. The van der Waals surface area contributed by atoms with Crippen LogP contribution in [0.1, 0.15) is 40.5 Å². The van der Waals surface area contributed by atoms with Crippen molar-refractivity contribution in [3.05, 3.63) is 0 Å². The van der Waals surface area contributed by atoms with Gasteiger partial charge in [0, 0.05) is 6.42 Å². The van der Waals surface area contributed by atoms with Crippen LogP contribution in [0.3, 0.4) is 0 Å². The van der Waals surface area contributed by atoms with E-state index in [2.05, 4.69) is 0 Å². The molecule has 5 saturated heterocycles. The van der Waals surface area contributed by atoms with Crippen LogP contribution in [0.2, 0.25) is 0 Å². The van der Waals surface area contributed by atoms with E-state index in [0.29, 0.717) is 0 Å². The molecule has 5 aliphatic heterocycles. The summed E-state index contributed by atoms with van der Waals surface area (Å²) in [6, 6.07) is 0. The second-order valence-corrected chi connectivity index (χ2v) is 13.4. The third-order valence-electron chi connectivity index (χ3n) is 11.1. The second-order valence-electron chi connectivity index (χ2n) is 13.4. The fourth-order valence-electron chi connectivity index (χ4n) is 9.65. The molecule has 14 heteroatoms. The molecular formula is C26H34O14. The van der Waals surface area contributed by atoms with Crippen LogP contribution < -0.4 is 0 Å². The van der Waals surface area contributed by atoms with Crippen LogP contribution in [-0.2, 0) is 42.8 Å². The van der Waals surface area contributed by atoms with Gasteiger partial charge in [0.15, 0.2) is 18.0 Å². The maximum atomic E-state index is 14.1. The molecule has 0 aromatic rings. The Morgan fingerprint density at radius 1 is 0.950 bits per heavy atom. The van der Waals surface area contributed by atoms with Crippen molar-refractivity contribution in [2.75, 3.05) is 6.61 Å². The van der Waals surface area contributed by atoms with Gasteiger partial charge in [-0.1, -0.05) is 20.8 Å². The summed E-state index contributed by atoms with van der Waals surface area (Å²) in [5, 5.41) is 52.9. The Labute approximate surface area is 228 Å². The van der Waals surface area contributed by atoms with Crippen molar-refractivity contribution in [1.82, 2.24) is 0 Å². The molecule has 1 unspecified atom stereocenters. The number of aliphatic hydroxyl groups is 5. The minimum Gasteiger partial charge on any atom is -0.459 e. The lowest BCUT2D eigenvalue weighted by Gasteiger charge is -2.49. The van der Waals surface area contributed by atoms with E-state index in [9.17, 15) is 39.9 Å². The SMILES string of the molecule is C[C@@H]1C(=O)O[C@H]2C[C@@]34[C@@H]5C[C@@H](C(C)(C)C)C36[C@H](OC(=O)[C@@H]6O)O[C@]4(C(=O)O5)[C@]21O[C@@H]1O[C@H](CO)[C@H](O)[C@@H](O)[C@H]1O. The molecule has 2 saturated carbocycles. The number of fused-ring (bicyclic) bond motifs is 1. The lowest BCUT2D eigenvalue weighted by Crippen LogP contribution is -2.70. The molecule has 2 aliphatic carbocycles. The Bertz CT molecular complexity index is 1180. The zero-order valence-electron chi connectivity index (χ0n) is 22.4. The summed E-state index contributed by atoms with van der Waals surface area (Å²) in [5.74, 6) is -4.17. The summed E-state index contributed by atoms with van der Waals surface area (Å²) < 4.78 is 35.9. The van der Waals surface area contributed by atoms with Crippen LogP contribution in [0.15, 0.2) is 0 Å². The molecule has 222 valence electrons. The first-order valence-electron chi connectivity index (χ1n) is 13.6. The van der Waals surface area contributed by atoms with Crippen LogP contribution in [-0.4, -0.2) is 117 Å². The third-order valence-corrected chi connectivity index (χ3v) is 11.1. The number of carbonyl (C=O) groups excluding carboxylic acids is 3. The van der Waals surface area contributed by atoms with Gasteiger partial charge in [-0.15, -0.1) is 0 Å². The van der Waals surface area contributed by atoms with Crippen LogP contribution in [0.25, 0.3) is 0 Å². The maximum Gasteiger partial charge on any atom is 0.342 e. The first kappa shape index (κ1) is 27.0. The highest BCUT2D eigenvalue weighted by Crippen LogP contribution is 2.85. The number of ether oxygens (including phenoxy) is 6. The molecule has 14 nitrogen and oxygen atoms in total. The molecule has 0 aromatic heterocycles. The average molecular weight is 571 g/mol. The summed E-state index contributed by atoms with van der Waals surface area (Å²) in [7, 11) is 0. The fourth-order valence-corrected chi connectivity index (χ4v) is 9.65. The van der Waals surface area contributed by atoms with Crippen LogP contribution >= 0.6 is 0 Å². The molecule has 0 amide bonds. The molecule has 7 aliphatic rings. The molecule has 0 aromatic carbocycles. The number of hydrogen-bond acceptors (Lipinski definition) is 14. The van der Waals surface area contributed by atoms with E-state index >= 15 is 0 Å². The number of esters is 3. The zero-order valence-corrected chi connectivity index (χ0v) is 22.4. The van der Waals surface area contributed by atoms with Crippen molar-refractivity contribution in [3.63, 3.8) is 0 Å². The van der Waals surface area contributed by atoms with Gasteiger partial charge >= 0.3 is 17.9 Å². The molecular weight excluding hydrogens is 536 g/mol. The molecule has 40 heavy (non-hydrogen) atoms. The van der Waals surface area contributed by atoms with Crippen molar-refractivity contribution in [2.24, 2.45) is 28.1 Å². The van der Waals surface area contributed by atoms with Gasteiger partial charge in [0.1, 0.15) is 36.6 Å². The lowest BCUT2D eigenvalue weighted by atomic mass is 9.51. The van der Waals surface area contributed by atoms with E-state index in [4.69, 9.17) is 28.4 Å². The van der Waals surface area contributed by atoms with Gasteiger partial charge in [-0.3, -0.25) is 4.79 Å². The summed E-state index contributed by atoms with van der Waals surface area (Å²) in [4.78, 5) is 40.2. The van der Waals surface area contributed by atoms with E-state index in [-0.39, 0.29) is 12.8 Å². The van der Waals surface area contributed by atoms with E-state index < -0.39 is 119 Å². The Morgan fingerprint density at radius 2 is 1.65 bits per heavy atom. The second kappa shape index (κ2) is 7.72. The standard InChI is InChI=1S/C26H34O14/c1-8-17(32)36-12-6-23-11-5-10(22(2,3)4)24(23)16(31)18(33)38-21(24)40-26(23,20(34)37-11)25(8,12)39-19-15(30)14(29)13(28)9(7-27)35-19/h8-16,19,21,27-31H,5-7H2,1-4H3/t8-,9-,10+,11+,12+,13+,14-,15-,16+,19+,21-,23-,24?,25-,26+/m1/s1. The number of aliphatic hydroxyl groups excluding tert-OH is 5. The topological polar surface area (TPSA) is 208 Å².